The highest BCUT2D eigenvalue weighted by atomic mass is 19.1. The molecule has 0 radical (unpaired) electrons. The lowest BCUT2D eigenvalue weighted by Gasteiger charge is -2.19. The highest BCUT2D eigenvalue weighted by molar-refractivity contribution is 6.05. The van der Waals surface area contributed by atoms with E-state index in [4.69, 9.17) is 4.74 Å². The first-order valence-electron chi connectivity index (χ1n) is 9.48. The van der Waals surface area contributed by atoms with Crippen molar-refractivity contribution < 1.29 is 28.3 Å². The number of amides is 3. The van der Waals surface area contributed by atoms with Crippen LogP contribution in [0.1, 0.15) is 39.0 Å². The third-order valence-corrected chi connectivity index (χ3v) is 5.26. The number of carbonyl (C=O) groups excluding carboxylic acids is 4. The lowest BCUT2D eigenvalue weighted by molar-refractivity contribution is -0.154. The Hall–Kier alpha value is -2.77. The van der Waals surface area contributed by atoms with Gasteiger partial charge in [-0.25, -0.2) is 4.39 Å². The van der Waals surface area contributed by atoms with E-state index in [2.05, 4.69) is 5.32 Å². The molecule has 7 nitrogen and oxygen atoms in total. The number of halogens is 1. The minimum absolute atomic E-state index is 0.0319. The van der Waals surface area contributed by atoms with E-state index in [1.165, 1.54) is 31.2 Å². The first-order chi connectivity index (χ1) is 13.4. The zero-order valence-corrected chi connectivity index (χ0v) is 15.7. The Bertz CT molecular complexity index is 755. The zero-order valence-electron chi connectivity index (χ0n) is 15.7. The highest BCUT2D eigenvalue weighted by Gasteiger charge is 2.47. The van der Waals surface area contributed by atoms with Crippen molar-refractivity contribution in [2.45, 2.75) is 45.1 Å². The topological polar surface area (TPSA) is 92.8 Å². The lowest BCUT2D eigenvalue weighted by Crippen LogP contribution is -2.35. The molecule has 1 heterocycles. The fourth-order valence-electron chi connectivity index (χ4n) is 3.74. The van der Waals surface area contributed by atoms with Crippen molar-refractivity contribution in [3.05, 3.63) is 30.1 Å². The smallest absolute Gasteiger partial charge is 0.308 e. The summed E-state index contributed by atoms with van der Waals surface area (Å²) in [5.41, 5.74) is 0.380. The molecule has 2 aliphatic rings. The monoisotopic (exact) mass is 390 g/mol. The van der Waals surface area contributed by atoms with Crippen LogP contribution in [0.4, 0.5) is 10.1 Å². The van der Waals surface area contributed by atoms with Crippen molar-refractivity contribution >= 4 is 29.4 Å². The third kappa shape index (κ3) is 4.37. The summed E-state index contributed by atoms with van der Waals surface area (Å²) < 4.78 is 18.0. The number of benzene rings is 1. The van der Waals surface area contributed by atoms with Crippen LogP contribution < -0.4 is 5.32 Å². The van der Waals surface area contributed by atoms with Gasteiger partial charge in [0.25, 0.3) is 5.91 Å². The first kappa shape index (κ1) is 20.0. The van der Waals surface area contributed by atoms with Crippen LogP contribution in [0.3, 0.4) is 0 Å². The van der Waals surface area contributed by atoms with Gasteiger partial charge in [-0.15, -0.1) is 0 Å². The first-order valence-corrected chi connectivity index (χ1v) is 9.48. The molecule has 28 heavy (non-hydrogen) atoms. The number of imide groups is 1. The maximum Gasteiger partial charge on any atom is 0.308 e. The molecule has 1 saturated carbocycles. The standard InChI is InChI=1S/C20H23FN2O5/c1-12(18(25)22-14-8-6-13(21)7-9-14)28-17(24)10-11-23-19(26)15-4-2-3-5-16(15)20(23)27/h6-9,12,15-16H,2-5,10-11H2,1H3,(H,22,25)/t12-,15+,16+/m0/s1. The second-order valence-corrected chi connectivity index (χ2v) is 7.20. The van der Waals surface area contributed by atoms with Gasteiger partial charge in [0.15, 0.2) is 6.10 Å². The van der Waals surface area contributed by atoms with Gasteiger partial charge in [0.2, 0.25) is 11.8 Å². The average Bonchev–Trinajstić information content (AvgIpc) is 2.92. The highest BCUT2D eigenvalue weighted by Crippen LogP contribution is 2.37. The van der Waals surface area contributed by atoms with Crippen molar-refractivity contribution in [1.29, 1.82) is 0 Å². The second kappa shape index (κ2) is 8.50. The Balaban J connectivity index is 1.47. The molecule has 1 aromatic carbocycles. The van der Waals surface area contributed by atoms with E-state index in [1.807, 2.05) is 0 Å². The van der Waals surface area contributed by atoms with Gasteiger partial charge < -0.3 is 10.1 Å². The fourth-order valence-corrected chi connectivity index (χ4v) is 3.74. The van der Waals surface area contributed by atoms with E-state index in [-0.39, 0.29) is 36.6 Å². The predicted molar refractivity (Wildman–Crippen MR) is 97.4 cm³/mol. The number of anilines is 1. The fraction of sp³-hybridized carbons (Fsp3) is 0.500. The Labute approximate surface area is 162 Å². The number of hydrogen-bond acceptors (Lipinski definition) is 5. The van der Waals surface area contributed by atoms with Crippen LogP contribution in [0.15, 0.2) is 24.3 Å². The van der Waals surface area contributed by atoms with Gasteiger partial charge in [0.05, 0.1) is 18.3 Å². The molecule has 1 aliphatic heterocycles. The molecule has 0 spiro atoms. The number of ether oxygens (including phenoxy) is 1. The van der Waals surface area contributed by atoms with E-state index in [0.29, 0.717) is 5.69 Å². The quantitative estimate of drug-likeness (QED) is 0.594. The molecule has 2 fully saturated rings. The van der Waals surface area contributed by atoms with Crippen molar-refractivity contribution in [2.24, 2.45) is 11.8 Å². The molecule has 1 aliphatic carbocycles. The van der Waals surface area contributed by atoms with Crippen molar-refractivity contribution in [3.63, 3.8) is 0 Å². The van der Waals surface area contributed by atoms with Gasteiger partial charge in [-0.1, -0.05) is 12.8 Å². The van der Waals surface area contributed by atoms with Crippen LogP contribution in [-0.4, -0.2) is 41.2 Å². The van der Waals surface area contributed by atoms with E-state index in [1.54, 1.807) is 0 Å². The summed E-state index contributed by atoms with van der Waals surface area (Å²) >= 11 is 0. The minimum Gasteiger partial charge on any atom is -0.452 e. The Morgan fingerprint density at radius 1 is 1.14 bits per heavy atom. The number of likely N-dealkylation sites (tertiary alicyclic amines) is 1. The minimum atomic E-state index is -1.06. The summed E-state index contributed by atoms with van der Waals surface area (Å²) in [6.45, 7) is 1.38. The number of hydrogen-bond donors (Lipinski definition) is 1. The molecule has 3 atom stereocenters. The molecule has 3 rings (SSSR count). The molecule has 0 bridgehead atoms. The average molecular weight is 390 g/mol. The Morgan fingerprint density at radius 3 is 2.29 bits per heavy atom. The van der Waals surface area contributed by atoms with Gasteiger partial charge in [0, 0.05) is 12.2 Å². The Kier molecular flexibility index (Phi) is 6.06. The van der Waals surface area contributed by atoms with Gasteiger partial charge in [-0.2, -0.15) is 0 Å². The summed E-state index contributed by atoms with van der Waals surface area (Å²) in [5.74, 6) is -2.57. The number of nitrogens with one attached hydrogen (secondary N) is 1. The van der Waals surface area contributed by atoms with E-state index >= 15 is 0 Å². The molecule has 1 N–H and O–H groups in total. The summed E-state index contributed by atoms with van der Waals surface area (Å²) in [6, 6.07) is 5.19. The summed E-state index contributed by atoms with van der Waals surface area (Å²) in [6.07, 6.45) is 2.09. The maximum atomic E-state index is 12.9. The number of nitrogens with zero attached hydrogens (tertiary/aromatic N) is 1. The molecule has 1 saturated heterocycles. The van der Waals surface area contributed by atoms with Crippen LogP contribution in [0, 0.1) is 17.7 Å². The molecule has 8 heteroatoms. The van der Waals surface area contributed by atoms with E-state index in [9.17, 15) is 23.6 Å². The van der Waals surface area contributed by atoms with Gasteiger partial charge in [0.1, 0.15) is 5.82 Å². The number of esters is 1. The van der Waals surface area contributed by atoms with Crippen LogP contribution in [0.2, 0.25) is 0 Å². The second-order valence-electron chi connectivity index (χ2n) is 7.20. The van der Waals surface area contributed by atoms with E-state index in [0.717, 1.165) is 30.6 Å². The van der Waals surface area contributed by atoms with Crippen molar-refractivity contribution in [2.75, 3.05) is 11.9 Å². The molecule has 0 unspecified atom stereocenters. The molecule has 150 valence electrons. The van der Waals surface area contributed by atoms with Gasteiger partial charge in [-0.05, 0) is 44.0 Å². The molecular formula is C20H23FN2O5. The van der Waals surface area contributed by atoms with Crippen LogP contribution in [0.25, 0.3) is 0 Å². The maximum absolute atomic E-state index is 12.9. The number of rotatable bonds is 6. The van der Waals surface area contributed by atoms with Crippen molar-refractivity contribution in [3.8, 4) is 0 Å². The number of fused-ring (bicyclic) bond motifs is 1. The van der Waals surface area contributed by atoms with Crippen LogP contribution in [-0.2, 0) is 23.9 Å². The van der Waals surface area contributed by atoms with Crippen LogP contribution >= 0.6 is 0 Å². The third-order valence-electron chi connectivity index (χ3n) is 5.26. The summed E-state index contributed by atoms with van der Waals surface area (Å²) in [5, 5.41) is 2.52. The van der Waals surface area contributed by atoms with Crippen LogP contribution in [0.5, 0.6) is 0 Å². The van der Waals surface area contributed by atoms with E-state index < -0.39 is 23.8 Å². The Morgan fingerprint density at radius 2 is 1.71 bits per heavy atom. The molecular weight excluding hydrogens is 367 g/mol. The predicted octanol–water partition coefficient (Wildman–Crippen LogP) is 2.26. The largest absolute Gasteiger partial charge is 0.452 e. The molecule has 1 aromatic rings. The van der Waals surface area contributed by atoms with Gasteiger partial charge in [-0.3, -0.25) is 24.1 Å². The lowest BCUT2D eigenvalue weighted by atomic mass is 9.81. The zero-order chi connectivity index (χ0) is 20.3. The summed E-state index contributed by atoms with van der Waals surface area (Å²) in [4.78, 5) is 50.0. The SMILES string of the molecule is C[C@H](OC(=O)CCN1C(=O)[C@@H]2CCCC[C@H]2C1=O)C(=O)Nc1ccc(F)cc1. The normalized spacial score (nSPS) is 22.6. The molecule has 0 aromatic heterocycles. The summed E-state index contributed by atoms with van der Waals surface area (Å²) in [7, 11) is 0. The number of carbonyl (C=O) groups is 4. The van der Waals surface area contributed by atoms with Gasteiger partial charge >= 0.3 is 5.97 Å². The van der Waals surface area contributed by atoms with Crippen molar-refractivity contribution in [1.82, 2.24) is 4.90 Å². The molecule has 3 amide bonds.